The topological polar surface area (TPSA) is 52.1 Å². The summed E-state index contributed by atoms with van der Waals surface area (Å²) < 4.78 is 14.0. The van der Waals surface area contributed by atoms with Crippen molar-refractivity contribution in [2.24, 2.45) is 0 Å². The van der Waals surface area contributed by atoms with Gasteiger partial charge in [0, 0.05) is 49.4 Å². The first-order valence-corrected chi connectivity index (χ1v) is 19.1. The fraction of sp³-hybridized carbons (Fsp3) is 0.0385. The predicted octanol–water partition coefficient (Wildman–Crippen LogP) is 14.3. The van der Waals surface area contributed by atoms with Gasteiger partial charge < -0.3 is 8.83 Å². The SMILES string of the molecule is C1=CC(c2nc(-c3ccccc3)cc(-c3cccc(-c4cccc5c4oc4c(-c6ccccc6)c6oc7c(-c8ccccc8)cccc7c6cc45)c3)n2)=CCC1. The molecule has 3 aromatic heterocycles. The number of hydrogen-bond acceptors (Lipinski definition) is 4. The molecular weight excluding hydrogens is 685 g/mol. The zero-order valence-corrected chi connectivity index (χ0v) is 30.4. The Morgan fingerprint density at radius 2 is 0.929 bits per heavy atom. The Balaban J connectivity index is 1.11. The minimum Gasteiger partial charge on any atom is -0.455 e. The van der Waals surface area contributed by atoms with Crippen LogP contribution >= 0.6 is 0 Å². The van der Waals surface area contributed by atoms with E-state index in [1.165, 1.54) is 0 Å². The summed E-state index contributed by atoms with van der Waals surface area (Å²) in [5.74, 6) is 0.739. The maximum Gasteiger partial charge on any atom is 0.160 e. The number of rotatable bonds is 6. The number of hydrogen-bond donors (Lipinski definition) is 0. The van der Waals surface area contributed by atoms with Crippen molar-refractivity contribution in [3.63, 3.8) is 0 Å². The molecule has 0 bridgehead atoms. The third-order valence-electron chi connectivity index (χ3n) is 10.9. The molecule has 0 aliphatic heterocycles. The van der Waals surface area contributed by atoms with Crippen molar-refractivity contribution in [1.82, 2.24) is 9.97 Å². The molecule has 10 aromatic rings. The van der Waals surface area contributed by atoms with E-state index in [4.69, 9.17) is 18.8 Å². The highest BCUT2D eigenvalue weighted by atomic mass is 16.3. The Hall–Kier alpha value is -7.30. The van der Waals surface area contributed by atoms with E-state index in [2.05, 4.69) is 164 Å². The molecule has 0 spiro atoms. The summed E-state index contributed by atoms with van der Waals surface area (Å²) in [7, 11) is 0. The summed E-state index contributed by atoms with van der Waals surface area (Å²) in [5.41, 5.74) is 14.5. The molecule has 56 heavy (non-hydrogen) atoms. The summed E-state index contributed by atoms with van der Waals surface area (Å²) in [6, 6.07) is 57.1. The largest absolute Gasteiger partial charge is 0.455 e. The quantitative estimate of drug-likeness (QED) is 0.172. The summed E-state index contributed by atoms with van der Waals surface area (Å²) in [5, 5.41) is 4.26. The van der Waals surface area contributed by atoms with Gasteiger partial charge in [0.2, 0.25) is 0 Å². The summed E-state index contributed by atoms with van der Waals surface area (Å²) >= 11 is 0. The van der Waals surface area contributed by atoms with Crippen molar-refractivity contribution in [3.05, 3.63) is 188 Å². The highest BCUT2D eigenvalue weighted by Crippen LogP contribution is 2.47. The van der Waals surface area contributed by atoms with Gasteiger partial charge >= 0.3 is 0 Å². The van der Waals surface area contributed by atoms with E-state index in [9.17, 15) is 0 Å². The molecule has 11 rings (SSSR count). The second-order valence-corrected chi connectivity index (χ2v) is 14.4. The molecule has 4 heteroatoms. The first-order valence-electron chi connectivity index (χ1n) is 19.1. The number of benzene rings is 7. The fourth-order valence-electron chi connectivity index (χ4n) is 8.23. The molecule has 3 heterocycles. The number of nitrogens with zero attached hydrogens (tertiary/aromatic N) is 2. The molecule has 4 nitrogen and oxygen atoms in total. The fourth-order valence-corrected chi connectivity index (χ4v) is 8.23. The summed E-state index contributed by atoms with van der Waals surface area (Å²) in [6.07, 6.45) is 8.60. The van der Waals surface area contributed by atoms with E-state index in [1.54, 1.807) is 0 Å². The van der Waals surface area contributed by atoms with Gasteiger partial charge in [-0.2, -0.15) is 0 Å². The number of para-hydroxylation sites is 2. The average molecular weight is 719 g/mol. The van der Waals surface area contributed by atoms with Crippen LogP contribution in [0.5, 0.6) is 0 Å². The molecule has 0 atom stereocenters. The van der Waals surface area contributed by atoms with Crippen molar-refractivity contribution in [2.45, 2.75) is 12.8 Å². The monoisotopic (exact) mass is 718 g/mol. The van der Waals surface area contributed by atoms with Crippen LogP contribution in [0.2, 0.25) is 0 Å². The highest BCUT2D eigenvalue weighted by Gasteiger charge is 2.23. The van der Waals surface area contributed by atoms with Crippen LogP contribution in [0.3, 0.4) is 0 Å². The van der Waals surface area contributed by atoms with Gasteiger partial charge in [0.05, 0.1) is 17.0 Å². The molecule has 264 valence electrons. The second-order valence-electron chi connectivity index (χ2n) is 14.4. The standard InChI is InChI=1S/C52H34N2O2/c1-5-16-33(17-6-1)39-26-14-28-41-43-31-44-42-29-15-27-40(49(42)56-51(44)47(50(43)55-48(39)41)35-20-9-3-10-21-35)37-24-13-25-38(30-37)46-32-45(34-18-7-2-8-19-34)53-52(54-46)36-22-11-4-12-23-36/h1-3,5-11,13-32H,4,12H2. The summed E-state index contributed by atoms with van der Waals surface area (Å²) in [6.45, 7) is 0. The maximum atomic E-state index is 7.06. The molecule has 0 fully saturated rings. The minimum absolute atomic E-state index is 0.739. The van der Waals surface area contributed by atoms with Crippen molar-refractivity contribution in [2.75, 3.05) is 0 Å². The van der Waals surface area contributed by atoms with Crippen molar-refractivity contribution >= 4 is 49.5 Å². The Morgan fingerprint density at radius 1 is 0.393 bits per heavy atom. The number of aromatic nitrogens is 2. The van der Waals surface area contributed by atoms with Crippen molar-refractivity contribution in [3.8, 4) is 55.9 Å². The molecule has 0 N–H and O–H groups in total. The molecule has 7 aromatic carbocycles. The molecule has 0 unspecified atom stereocenters. The van der Waals surface area contributed by atoms with E-state index in [-0.39, 0.29) is 0 Å². The maximum absolute atomic E-state index is 7.06. The molecule has 0 saturated heterocycles. The van der Waals surface area contributed by atoms with Gasteiger partial charge in [-0.1, -0.05) is 164 Å². The van der Waals surface area contributed by atoms with Crippen molar-refractivity contribution < 1.29 is 8.83 Å². The third kappa shape index (κ3) is 5.38. The van der Waals surface area contributed by atoms with E-state index >= 15 is 0 Å². The lowest BCUT2D eigenvalue weighted by Gasteiger charge is -2.12. The zero-order valence-electron chi connectivity index (χ0n) is 30.4. The molecule has 0 amide bonds. The van der Waals surface area contributed by atoms with Gasteiger partial charge in [-0.3, -0.25) is 0 Å². The predicted molar refractivity (Wildman–Crippen MR) is 230 cm³/mol. The van der Waals surface area contributed by atoms with E-state index < -0.39 is 0 Å². The van der Waals surface area contributed by atoms with Gasteiger partial charge in [0.25, 0.3) is 0 Å². The van der Waals surface area contributed by atoms with Crippen LogP contribution in [0.1, 0.15) is 18.7 Å². The highest BCUT2D eigenvalue weighted by molar-refractivity contribution is 6.24. The Kier molecular flexibility index (Phi) is 7.59. The van der Waals surface area contributed by atoms with Crippen LogP contribution in [-0.4, -0.2) is 9.97 Å². The zero-order chi connectivity index (χ0) is 37.0. The lowest BCUT2D eigenvalue weighted by Crippen LogP contribution is -1.99. The van der Waals surface area contributed by atoms with E-state index in [0.717, 1.165) is 124 Å². The number of fused-ring (bicyclic) bond motifs is 6. The summed E-state index contributed by atoms with van der Waals surface area (Å²) in [4.78, 5) is 10.2. The second kappa shape index (κ2) is 13.2. The van der Waals surface area contributed by atoms with Gasteiger partial charge in [-0.25, -0.2) is 9.97 Å². The Bertz CT molecular complexity index is 3170. The molecule has 0 radical (unpaired) electrons. The van der Waals surface area contributed by atoms with Gasteiger partial charge in [0.15, 0.2) is 5.82 Å². The third-order valence-corrected chi connectivity index (χ3v) is 10.9. The Labute approximate surface area is 323 Å². The van der Waals surface area contributed by atoms with Crippen LogP contribution in [0.25, 0.3) is 105 Å². The molecular formula is C52H34N2O2. The van der Waals surface area contributed by atoms with E-state index in [1.807, 2.05) is 18.2 Å². The molecule has 1 aliphatic rings. The smallest absolute Gasteiger partial charge is 0.160 e. The number of furan rings is 2. The van der Waals surface area contributed by atoms with Crippen molar-refractivity contribution in [1.29, 1.82) is 0 Å². The van der Waals surface area contributed by atoms with Crippen LogP contribution in [0, 0.1) is 0 Å². The Morgan fingerprint density at radius 3 is 1.55 bits per heavy atom. The first kappa shape index (κ1) is 32.2. The van der Waals surface area contributed by atoms with Gasteiger partial charge in [0.1, 0.15) is 22.3 Å². The van der Waals surface area contributed by atoms with Crippen LogP contribution < -0.4 is 0 Å². The van der Waals surface area contributed by atoms with Gasteiger partial charge in [-0.05, 0) is 47.7 Å². The minimum atomic E-state index is 0.739. The number of allylic oxidation sites excluding steroid dienone is 4. The molecule has 0 saturated carbocycles. The average Bonchev–Trinajstić information content (AvgIpc) is 3.85. The lowest BCUT2D eigenvalue weighted by molar-refractivity contribution is 0.659. The molecule has 1 aliphatic carbocycles. The van der Waals surface area contributed by atoms with Crippen LogP contribution in [0.4, 0.5) is 0 Å². The lowest BCUT2D eigenvalue weighted by atomic mass is 9.96. The van der Waals surface area contributed by atoms with Crippen LogP contribution in [-0.2, 0) is 0 Å². The van der Waals surface area contributed by atoms with Gasteiger partial charge in [-0.15, -0.1) is 0 Å². The normalized spacial score (nSPS) is 12.9. The van der Waals surface area contributed by atoms with Crippen LogP contribution in [0.15, 0.2) is 191 Å². The van der Waals surface area contributed by atoms with E-state index in [0.29, 0.717) is 0 Å². The first-order chi connectivity index (χ1) is 27.8.